The van der Waals surface area contributed by atoms with Crippen LogP contribution in [-0.4, -0.2) is 42.8 Å². The van der Waals surface area contributed by atoms with E-state index in [9.17, 15) is 0 Å². The van der Waals surface area contributed by atoms with Gasteiger partial charge in [0.15, 0.2) is 0 Å². The second-order valence-electron chi connectivity index (χ2n) is 6.66. The quantitative estimate of drug-likeness (QED) is 0.840. The highest BCUT2D eigenvalue weighted by Crippen LogP contribution is 2.48. The molecule has 0 bridgehead atoms. The molecule has 2 atom stereocenters. The minimum Gasteiger partial charge on any atom is -0.378 e. The number of nitrogens with zero attached hydrogens (tertiary/aromatic N) is 1. The summed E-state index contributed by atoms with van der Waals surface area (Å²) in [4.78, 5) is 2.70. The van der Waals surface area contributed by atoms with Crippen LogP contribution in [0, 0.1) is 5.41 Å². The molecule has 2 fully saturated rings. The Labute approximate surface area is 112 Å². The van der Waals surface area contributed by atoms with Gasteiger partial charge >= 0.3 is 0 Å². The van der Waals surface area contributed by atoms with Gasteiger partial charge in [0.2, 0.25) is 0 Å². The van der Waals surface area contributed by atoms with Crippen LogP contribution in [0.15, 0.2) is 0 Å². The molecular formula is C15H30N2O. The number of ether oxygens (including phenoxy) is 1. The third-order valence-electron chi connectivity index (χ3n) is 5.49. The first-order chi connectivity index (χ1) is 8.57. The Morgan fingerprint density at radius 3 is 2.61 bits per heavy atom. The van der Waals surface area contributed by atoms with Gasteiger partial charge in [-0.25, -0.2) is 0 Å². The van der Waals surface area contributed by atoms with Crippen LogP contribution < -0.4 is 5.73 Å². The van der Waals surface area contributed by atoms with Crippen molar-refractivity contribution in [3.05, 3.63) is 0 Å². The number of nitrogens with two attached hydrogens (primary N) is 1. The summed E-state index contributed by atoms with van der Waals surface area (Å²) in [6, 6.07) is 0.555. The number of hydrogen-bond donors (Lipinski definition) is 1. The zero-order valence-corrected chi connectivity index (χ0v) is 12.4. The third kappa shape index (κ3) is 2.21. The molecule has 0 amide bonds. The van der Waals surface area contributed by atoms with Gasteiger partial charge in [-0.05, 0) is 24.7 Å². The van der Waals surface area contributed by atoms with Crippen molar-refractivity contribution in [2.75, 3.05) is 26.3 Å². The first-order valence-corrected chi connectivity index (χ1v) is 7.62. The van der Waals surface area contributed by atoms with Crippen molar-refractivity contribution in [3.8, 4) is 0 Å². The molecule has 1 saturated heterocycles. The second-order valence-corrected chi connectivity index (χ2v) is 6.66. The molecule has 1 heterocycles. The summed E-state index contributed by atoms with van der Waals surface area (Å²) in [6.45, 7) is 10.7. The van der Waals surface area contributed by atoms with E-state index in [0.717, 1.165) is 32.7 Å². The van der Waals surface area contributed by atoms with Gasteiger partial charge in [0.1, 0.15) is 0 Å². The number of rotatable bonds is 3. The standard InChI is InChI=1S/C15H30N2O/c1-4-13-11-18-10-9-17(13)15(12-16)8-6-5-7-14(15,2)3/h13H,4-12,16H2,1-3H3. The summed E-state index contributed by atoms with van der Waals surface area (Å²) in [6.07, 6.45) is 6.41. The van der Waals surface area contributed by atoms with Crippen LogP contribution in [0.1, 0.15) is 52.9 Å². The van der Waals surface area contributed by atoms with Gasteiger partial charge in [-0.3, -0.25) is 4.90 Å². The molecule has 3 nitrogen and oxygen atoms in total. The lowest BCUT2D eigenvalue weighted by atomic mass is 9.61. The van der Waals surface area contributed by atoms with Gasteiger partial charge in [0, 0.05) is 24.7 Å². The van der Waals surface area contributed by atoms with Gasteiger partial charge in [-0.2, -0.15) is 0 Å². The lowest BCUT2D eigenvalue weighted by molar-refractivity contribution is -0.121. The van der Waals surface area contributed by atoms with E-state index in [1.165, 1.54) is 25.7 Å². The monoisotopic (exact) mass is 254 g/mol. The van der Waals surface area contributed by atoms with E-state index in [2.05, 4.69) is 25.7 Å². The minimum atomic E-state index is 0.190. The highest BCUT2D eigenvalue weighted by molar-refractivity contribution is 5.07. The fraction of sp³-hybridized carbons (Fsp3) is 1.00. The summed E-state index contributed by atoms with van der Waals surface area (Å²) < 4.78 is 5.67. The molecular weight excluding hydrogens is 224 g/mol. The highest BCUT2D eigenvalue weighted by atomic mass is 16.5. The normalized spacial score (nSPS) is 37.7. The number of morpholine rings is 1. The largest absolute Gasteiger partial charge is 0.378 e. The van der Waals surface area contributed by atoms with Crippen LogP contribution in [0.2, 0.25) is 0 Å². The molecule has 0 aromatic rings. The van der Waals surface area contributed by atoms with E-state index in [0.29, 0.717) is 11.5 Å². The van der Waals surface area contributed by atoms with E-state index < -0.39 is 0 Å². The molecule has 18 heavy (non-hydrogen) atoms. The zero-order valence-electron chi connectivity index (χ0n) is 12.4. The van der Waals surface area contributed by atoms with Crippen LogP contribution in [0.25, 0.3) is 0 Å². The molecule has 0 aromatic carbocycles. The molecule has 1 aliphatic heterocycles. The molecule has 2 rings (SSSR count). The maximum absolute atomic E-state index is 6.28. The molecule has 0 aromatic heterocycles. The third-order valence-corrected chi connectivity index (χ3v) is 5.49. The maximum atomic E-state index is 6.28. The van der Waals surface area contributed by atoms with Crippen molar-refractivity contribution in [2.24, 2.45) is 11.1 Å². The fourth-order valence-electron chi connectivity index (χ4n) is 4.14. The number of hydrogen-bond acceptors (Lipinski definition) is 3. The van der Waals surface area contributed by atoms with E-state index in [-0.39, 0.29) is 5.54 Å². The van der Waals surface area contributed by atoms with Crippen molar-refractivity contribution in [1.29, 1.82) is 0 Å². The predicted octanol–water partition coefficient (Wildman–Crippen LogP) is 2.39. The van der Waals surface area contributed by atoms with Crippen molar-refractivity contribution >= 4 is 0 Å². The summed E-state index contributed by atoms with van der Waals surface area (Å²) in [5.41, 5.74) is 6.79. The van der Waals surface area contributed by atoms with E-state index in [4.69, 9.17) is 10.5 Å². The van der Waals surface area contributed by atoms with E-state index in [1.807, 2.05) is 0 Å². The summed E-state index contributed by atoms with van der Waals surface area (Å²) in [7, 11) is 0. The van der Waals surface area contributed by atoms with Crippen LogP contribution in [-0.2, 0) is 4.74 Å². The van der Waals surface area contributed by atoms with E-state index >= 15 is 0 Å². The topological polar surface area (TPSA) is 38.5 Å². The van der Waals surface area contributed by atoms with Gasteiger partial charge in [-0.1, -0.05) is 33.6 Å². The van der Waals surface area contributed by atoms with E-state index in [1.54, 1.807) is 0 Å². The highest BCUT2D eigenvalue weighted by Gasteiger charge is 2.51. The Hall–Kier alpha value is -0.120. The van der Waals surface area contributed by atoms with Crippen molar-refractivity contribution < 1.29 is 4.74 Å². The molecule has 0 spiro atoms. The SMILES string of the molecule is CCC1COCCN1C1(CN)CCCCC1(C)C. The molecule has 3 heteroatoms. The average Bonchev–Trinajstić information content (AvgIpc) is 2.39. The smallest absolute Gasteiger partial charge is 0.0622 e. The summed E-state index contributed by atoms with van der Waals surface area (Å²) in [5.74, 6) is 0. The lowest BCUT2D eigenvalue weighted by Gasteiger charge is -2.59. The zero-order chi connectivity index (χ0) is 13.2. The molecule has 1 aliphatic carbocycles. The maximum Gasteiger partial charge on any atom is 0.0622 e. The molecule has 2 aliphatic rings. The molecule has 0 radical (unpaired) electrons. The van der Waals surface area contributed by atoms with Crippen LogP contribution in [0.4, 0.5) is 0 Å². The average molecular weight is 254 g/mol. The van der Waals surface area contributed by atoms with Crippen molar-refractivity contribution in [1.82, 2.24) is 4.90 Å². The lowest BCUT2D eigenvalue weighted by Crippen LogP contribution is -2.68. The Kier molecular flexibility index (Phi) is 4.35. The summed E-state index contributed by atoms with van der Waals surface area (Å²) >= 11 is 0. The van der Waals surface area contributed by atoms with Gasteiger partial charge in [0.05, 0.1) is 13.2 Å². The minimum absolute atomic E-state index is 0.190. The summed E-state index contributed by atoms with van der Waals surface area (Å²) in [5, 5.41) is 0. The molecule has 106 valence electrons. The van der Waals surface area contributed by atoms with Crippen molar-refractivity contribution in [3.63, 3.8) is 0 Å². The first kappa shape index (κ1) is 14.3. The Morgan fingerprint density at radius 2 is 2.00 bits per heavy atom. The molecule has 1 saturated carbocycles. The first-order valence-electron chi connectivity index (χ1n) is 7.62. The van der Waals surface area contributed by atoms with Crippen LogP contribution in [0.3, 0.4) is 0 Å². The predicted molar refractivity (Wildman–Crippen MR) is 75.6 cm³/mol. The fourth-order valence-corrected chi connectivity index (χ4v) is 4.14. The second kappa shape index (κ2) is 5.48. The molecule has 2 N–H and O–H groups in total. The van der Waals surface area contributed by atoms with Crippen LogP contribution >= 0.6 is 0 Å². The molecule has 2 unspecified atom stereocenters. The Morgan fingerprint density at radius 1 is 1.28 bits per heavy atom. The van der Waals surface area contributed by atoms with Gasteiger partial charge in [0.25, 0.3) is 0 Å². The van der Waals surface area contributed by atoms with Gasteiger partial charge < -0.3 is 10.5 Å². The van der Waals surface area contributed by atoms with Gasteiger partial charge in [-0.15, -0.1) is 0 Å². The Balaban J connectivity index is 2.29. The van der Waals surface area contributed by atoms with Crippen LogP contribution in [0.5, 0.6) is 0 Å². The Bertz CT molecular complexity index is 280. The van der Waals surface area contributed by atoms with Crippen molar-refractivity contribution in [2.45, 2.75) is 64.5 Å².